The summed E-state index contributed by atoms with van der Waals surface area (Å²) in [7, 11) is -3.50. The Kier molecular flexibility index (Phi) is 7.07. The van der Waals surface area contributed by atoms with E-state index in [1.807, 2.05) is 19.1 Å². The third-order valence-electron chi connectivity index (χ3n) is 4.64. The first kappa shape index (κ1) is 21.8. The maximum absolute atomic E-state index is 12.5. The molecule has 1 heterocycles. The summed E-state index contributed by atoms with van der Waals surface area (Å²) in [6.45, 7) is 2.14. The molecular formula is C21H24N2O6S. The van der Waals surface area contributed by atoms with Crippen molar-refractivity contribution in [3.8, 4) is 5.75 Å². The largest absolute Gasteiger partial charge is 0.482 e. The first-order chi connectivity index (χ1) is 14.4. The van der Waals surface area contributed by atoms with Gasteiger partial charge in [-0.2, -0.15) is 4.31 Å². The van der Waals surface area contributed by atoms with Gasteiger partial charge < -0.3 is 14.8 Å². The van der Waals surface area contributed by atoms with E-state index in [9.17, 15) is 18.0 Å². The minimum atomic E-state index is -3.50. The highest BCUT2D eigenvalue weighted by atomic mass is 32.2. The Bertz CT molecular complexity index is 998. The molecule has 8 nitrogen and oxygen atoms in total. The van der Waals surface area contributed by atoms with Crippen LogP contribution in [0.1, 0.15) is 18.4 Å². The van der Waals surface area contributed by atoms with Gasteiger partial charge in [-0.1, -0.05) is 18.2 Å². The van der Waals surface area contributed by atoms with Crippen LogP contribution >= 0.6 is 0 Å². The molecule has 3 rings (SSSR count). The van der Waals surface area contributed by atoms with Crippen LogP contribution in [0.15, 0.2) is 53.4 Å². The van der Waals surface area contributed by atoms with Crippen molar-refractivity contribution in [1.29, 1.82) is 0 Å². The lowest BCUT2D eigenvalue weighted by Crippen LogP contribution is -2.27. The Morgan fingerprint density at radius 1 is 1.00 bits per heavy atom. The molecule has 0 aliphatic carbocycles. The Hall–Kier alpha value is -2.91. The molecule has 0 bridgehead atoms. The third kappa shape index (κ3) is 5.58. The van der Waals surface area contributed by atoms with Gasteiger partial charge in [-0.3, -0.25) is 4.79 Å². The Labute approximate surface area is 175 Å². The number of sulfonamides is 1. The Balaban J connectivity index is 1.45. The van der Waals surface area contributed by atoms with Crippen LogP contribution in [0.4, 0.5) is 5.69 Å². The Morgan fingerprint density at radius 2 is 1.67 bits per heavy atom. The molecule has 0 atom stereocenters. The molecular weight excluding hydrogens is 408 g/mol. The van der Waals surface area contributed by atoms with Gasteiger partial charge in [0.1, 0.15) is 5.75 Å². The molecule has 1 N–H and O–H groups in total. The number of anilines is 1. The summed E-state index contributed by atoms with van der Waals surface area (Å²) >= 11 is 0. The van der Waals surface area contributed by atoms with E-state index in [0.717, 1.165) is 18.4 Å². The number of esters is 1. The van der Waals surface area contributed by atoms with Crippen molar-refractivity contribution in [3.05, 3.63) is 54.1 Å². The fourth-order valence-electron chi connectivity index (χ4n) is 3.03. The smallest absolute Gasteiger partial charge is 0.344 e. The molecule has 1 fully saturated rings. The molecule has 0 radical (unpaired) electrons. The predicted octanol–water partition coefficient (Wildman–Crippen LogP) is 2.34. The molecule has 30 heavy (non-hydrogen) atoms. The predicted molar refractivity (Wildman–Crippen MR) is 111 cm³/mol. The van der Waals surface area contributed by atoms with E-state index in [2.05, 4.69) is 5.32 Å². The van der Waals surface area contributed by atoms with Crippen LogP contribution < -0.4 is 10.1 Å². The van der Waals surface area contributed by atoms with Gasteiger partial charge in [-0.05, 0) is 55.7 Å². The van der Waals surface area contributed by atoms with Crippen LogP contribution in [-0.2, 0) is 24.3 Å². The molecule has 2 aromatic carbocycles. The lowest BCUT2D eigenvalue weighted by atomic mass is 10.2. The normalized spacial score (nSPS) is 14.3. The van der Waals surface area contributed by atoms with Crippen molar-refractivity contribution in [2.75, 3.05) is 31.6 Å². The van der Waals surface area contributed by atoms with Gasteiger partial charge in [0.05, 0.1) is 4.90 Å². The molecule has 1 saturated heterocycles. The van der Waals surface area contributed by atoms with Crippen molar-refractivity contribution >= 4 is 27.6 Å². The first-order valence-electron chi connectivity index (χ1n) is 9.60. The van der Waals surface area contributed by atoms with E-state index in [1.165, 1.54) is 28.6 Å². The number of rotatable bonds is 8. The van der Waals surface area contributed by atoms with Gasteiger partial charge >= 0.3 is 5.97 Å². The quantitative estimate of drug-likeness (QED) is 0.643. The number of ether oxygens (including phenoxy) is 2. The van der Waals surface area contributed by atoms with Gasteiger partial charge in [0, 0.05) is 18.8 Å². The number of nitrogens with zero attached hydrogens (tertiary/aromatic N) is 1. The molecule has 0 spiro atoms. The molecule has 0 saturated carbocycles. The van der Waals surface area contributed by atoms with E-state index in [-0.39, 0.29) is 11.5 Å². The lowest BCUT2D eigenvalue weighted by Gasteiger charge is -2.15. The van der Waals surface area contributed by atoms with E-state index in [1.54, 1.807) is 12.1 Å². The maximum atomic E-state index is 12.5. The average molecular weight is 432 g/mol. The standard InChI is InChI=1S/C21H24N2O6S/c1-16-6-2-3-7-19(16)28-15-21(25)29-14-20(24)22-17-8-10-18(11-9-17)30(26,27)23-12-4-5-13-23/h2-3,6-11H,4-5,12-15H2,1H3,(H,22,24). The fourth-order valence-corrected chi connectivity index (χ4v) is 4.54. The number of hydrogen-bond acceptors (Lipinski definition) is 6. The van der Waals surface area contributed by atoms with Crippen LogP contribution in [0.25, 0.3) is 0 Å². The first-order valence-corrected chi connectivity index (χ1v) is 11.0. The summed E-state index contributed by atoms with van der Waals surface area (Å²) in [6.07, 6.45) is 1.73. The second-order valence-corrected chi connectivity index (χ2v) is 8.84. The minimum absolute atomic E-state index is 0.183. The molecule has 1 aliphatic rings. The monoisotopic (exact) mass is 432 g/mol. The summed E-state index contributed by atoms with van der Waals surface area (Å²) in [4.78, 5) is 23.9. The van der Waals surface area contributed by atoms with E-state index in [4.69, 9.17) is 9.47 Å². The highest BCUT2D eigenvalue weighted by molar-refractivity contribution is 7.89. The highest BCUT2D eigenvalue weighted by Gasteiger charge is 2.26. The van der Waals surface area contributed by atoms with E-state index in [0.29, 0.717) is 24.5 Å². The summed E-state index contributed by atoms with van der Waals surface area (Å²) in [5.41, 5.74) is 1.30. The fraction of sp³-hybridized carbons (Fsp3) is 0.333. The number of benzene rings is 2. The van der Waals surface area contributed by atoms with Crippen molar-refractivity contribution in [2.24, 2.45) is 0 Å². The molecule has 9 heteroatoms. The summed E-state index contributed by atoms with van der Waals surface area (Å²) in [5.74, 6) is -0.627. The molecule has 1 aliphatic heterocycles. The lowest BCUT2D eigenvalue weighted by molar-refractivity contribution is -0.149. The summed E-state index contributed by atoms with van der Waals surface area (Å²) in [6, 6.07) is 13.2. The molecule has 0 unspecified atom stereocenters. The molecule has 0 aromatic heterocycles. The van der Waals surface area contributed by atoms with Crippen LogP contribution in [0, 0.1) is 6.92 Å². The van der Waals surface area contributed by atoms with Crippen LogP contribution in [0.2, 0.25) is 0 Å². The third-order valence-corrected chi connectivity index (χ3v) is 6.56. The van der Waals surface area contributed by atoms with E-state index >= 15 is 0 Å². The van der Waals surface area contributed by atoms with E-state index < -0.39 is 28.5 Å². The summed E-state index contributed by atoms with van der Waals surface area (Å²) in [5, 5.41) is 2.56. The number of carbonyl (C=O) groups excluding carboxylic acids is 2. The second kappa shape index (κ2) is 9.73. The number of amides is 1. The second-order valence-electron chi connectivity index (χ2n) is 6.90. The summed E-state index contributed by atoms with van der Waals surface area (Å²) < 4.78 is 36.7. The zero-order valence-electron chi connectivity index (χ0n) is 16.7. The number of carbonyl (C=O) groups is 2. The SMILES string of the molecule is Cc1ccccc1OCC(=O)OCC(=O)Nc1ccc(S(=O)(=O)N2CCCC2)cc1. The highest BCUT2D eigenvalue weighted by Crippen LogP contribution is 2.22. The van der Waals surface area contributed by atoms with Crippen molar-refractivity contribution < 1.29 is 27.5 Å². The molecule has 1 amide bonds. The van der Waals surface area contributed by atoms with Gasteiger partial charge in [0.2, 0.25) is 10.0 Å². The van der Waals surface area contributed by atoms with Crippen LogP contribution in [-0.4, -0.2) is 50.9 Å². The minimum Gasteiger partial charge on any atom is -0.482 e. The van der Waals surface area contributed by atoms with Gasteiger partial charge in [0.15, 0.2) is 13.2 Å². The topological polar surface area (TPSA) is 102 Å². The van der Waals surface area contributed by atoms with Gasteiger partial charge in [-0.15, -0.1) is 0 Å². The number of nitrogens with one attached hydrogen (secondary N) is 1. The van der Waals surface area contributed by atoms with Crippen LogP contribution in [0.3, 0.4) is 0 Å². The maximum Gasteiger partial charge on any atom is 0.344 e. The average Bonchev–Trinajstić information content (AvgIpc) is 3.28. The number of para-hydroxylation sites is 1. The van der Waals surface area contributed by atoms with Crippen molar-refractivity contribution in [3.63, 3.8) is 0 Å². The van der Waals surface area contributed by atoms with Crippen molar-refractivity contribution in [2.45, 2.75) is 24.7 Å². The van der Waals surface area contributed by atoms with Gasteiger partial charge in [0.25, 0.3) is 5.91 Å². The zero-order chi connectivity index (χ0) is 21.6. The number of aryl methyl sites for hydroxylation is 1. The zero-order valence-corrected chi connectivity index (χ0v) is 17.5. The van der Waals surface area contributed by atoms with Crippen LogP contribution in [0.5, 0.6) is 5.75 Å². The van der Waals surface area contributed by atoms with Gasteiger partial charge in [-0.25, -0.2) is 13.2 Å². The number of hydrogen-bond donors (Lipinski definition) is 1. The molecule has 2 aromatic rings. The van der Waals surface area contributed by atoms with Crippen molar-refractivity contribution in [1.82, 2.24) is 4.31 Å². The molecule has 160 valence electrons. The Morgan fingerprint density at radius 3 is 2.33 bits per heavy atom.